The van der Waals surface area contributed by atoms with Crippen LogP contribution >= 0.6 is 0 Å². The van der Waals surface area contributed by atoms with Crippen molar-refractivity contribution in [2.45, 2.75) is 151 Å². The maximum absolute atomic E-state index is 14.0. The van der Waals surface area contributed by atoms with Gasteiger partial charge in [0, 0.05) is 13.3 Å². The number of primary amides is 1. The number of amides is 7. The number of carbonyl (C=O) groups excluding carboxylic acids is 7. The minimum atomic E-state index is -1.10. The van der Waals surface area contributed by atoms with E-state index < -0.39 is 71.7 Å². The van der Waals surface area contributed by atoms with Crippen LogP contribution in [-0.4, -0.2) is 82.7 Å². The summed E-state index contributed by atoms with van der Waals surface area (Å²) in [7, 11) is 0. The molecule has 0 aliphatic heterocycles. The van der Waals surface area contributed by atoms with Gasteiger partial charge in [-0.1, -0.05) is 81.4 Å². The molecule has 0 radical (unpaired) electrons. The number of nitrogens with one attached hydrogen (secondary N) is 6. The number of nitrogens with two attached hydrogens (primary N) is 1. The van der Waals surface area contributed by atoms with E-state index in [2.05, 4.69) is 31.9 Å². The lowest BCUT2D eigenvalue weighted by atomic mass is 9.97. The maximum Gasteiger partial charge on any atom is 0.243 e. The standard InChI is InChI=1S/C41H69N7O8/c1-22(2)16-31(43-27(11)49)37(52)45-33(18-24(5)6)39(54)47-35(20-26(9)10)41(56)48-34(19-25(7)8)40(55)46-32(17-23(3)4)38(53)44-30(36(42)51)21-28-12-14-29(50)15-13-28/h12-15,22-26,30-35,50H,16-21H2,1-11H3,(H2,42,51)(H,43,49)(H,44,53)(H,45,52)(H,46,55)(H,47,54)(H,48,56)/t30-,31-,32-,33-,34-,35-/m0/s1. The largest absolute Gasteiger partial charge is 0.508 e. The molecule has 0 unspecified atom stereocenters. The normalized spacial score (nSPS) is 14.7. The van der Waals surface area contributed by atoms with Crippen molar-refractivity contribution < 1.29 is 38.7 Å². The third-order valence-corrected chi connectivity index (χ3v) is 8.80. The van der Waals surface area contributed by atoms with Crippen LogP contribution in [0, 0.1) is 29.6 Å². The van der Waals surface area contributed by atoms with Crippen LogP contribution in [0.4, 0.5) is 0 Å². The van der Waals surface area contributed by atoms with Crippen molar-refractivity contribution in [2.24, 2.45) is 35.3 Å². The molecule has 56 heavy (non-hydrogen) atoms. The summed E-state index contributed by atoms with van der Waals surface area (Å²) in [5, 5.41) is 26.1. The lowest BCUT2D eigenvalue weighted by Crippen LogP contribution is -2.60. The van der Waals surface area contributed by atoms with Gasteiger partial charge in [0.2, 0.25) is 41.4 Å². The molecule has 0 heterocycles. The Morgan fingerprint density at radius 2 is 0.714 bits per heavy atom. The van der Waals surface area contributed by atoms with Crippen molar-refractivity contribution in [3.05, 3.63) is 29.8 Å². The lowest BCUT2D eigenvalue weighted by Gasteiger charge is -2.29. The molecule has 0 saturated heterocycles. The average Bonchev–Trinajstić information content (AvgIpc) is 3.05. The topological polar surface area (TPSA) is 238 Å². The highest BCUT2D eigenvalue weighted by Gasteiger charge is 2.34. The van der Waals surface area contributed by atoms with E-state index in [9.17, 15) is 38.7 Å². The van der Waals surface area contributed by atoms with Gasteiger partial charge in [-0.25, -0.2) is 0 Å². The zero-order valence-corrected chi connectivity index (χ0v) is 35.3. The minimum absolute atomic E-state index is 0.00564. The average molecular weight is 788 g/mol. The summed E-state index contributed by atoms with van der Waals surface area (Å²) < 4.78 is 0. The van der Waals surface area contributed by atoms with Gasteiger partial charge in [0.15, 0.2) is 0 Å². The highest BCUT2D eigenvalue weighted by Crippen LogP contribution is 2.15. The Bertz CT molecular complexity index is 1460. The van der Waals surface area contributed by atoms with Crippen LogP contribution in [0.2, 0.25) is 0 Å². The summed E-state index contributed by atoms with van der Waals surface area (Å²) in [5.41, 5.74) is 6.28. The van der Waals surface area contributed by atoms with E-state index in [0.29, 0.717) is 12.0 Å². The molecular formula is C41H69N7O8. The molecule has 0 bridgehead atoms. The number of benzene rings is 1. The number of carbonyl (C=O) groups is 7. The van der Waals surface area contributed by atoms with Gasteiger partial charge in [-0.05, 0) is 79.4 Å². The number of aromatic hydroxyl groups is 1. The molecule has 0 fully saturated rings. The fraction of sp³-hybridized carbons (Fsp3) is 0.683. The van der Waals surface area contributed by atoms with Gasteiger partial charge in [0.05, 0.1) is 0 Å². The molecule has 0 aliphatic rings. The van der Waals surface area contributed by atoms with E-state index in [4.69, 9.17) is 5.73 Å². The number of phenols is 1. The molecule has 6 atom stereocenters. The second-order valence-electron chi connectivity index (χ2n) is 17.0. The third-order valence-electron chi connectivity index (χ3n) is 8.80. The summed E-state index contributed by atoms with van der Waals surface area (Å²) in [6.45, 7) is 20.2. The molecule has 9 N–H and O–H groups in total. The van der Waals surface area contributed by atoms with Crippen LogP contribution in [0.3, 0.4) is 0 Å². The summed E-state index contributed by atoms with van der Waals surface area (Å²) in [6, 6.07) is -0.0319. The summed E-state index contributed by atoms with van der Waals surface area (Å²) in [5.74, 6) is -4.09. The van der Waals surface area contributed by atoms with Crippen molar-refractivity contribution in [3.63, 3.8) is 0 Å². The second kappa shape index (κ2) is 24.1. The van der Waals surface area contributed by atoms with Gasteiger partial charge in [0.25, 0.3) is 0 Å². The molecular weight excluding hydrogens is 718 g/mol. The van der Waals surface area contributed by atoms with Gasteiger partial charge >= 0.3 is 0 Å². The predicted octanol–water partition coefficient (Wildman–Crippen LogP) is 2.58. The van der Waals surface area contributed by atoms with Crippen molar-refractivity contribution in [3.8, 4) is 5.75 Å². The lowest BCUT2D eigenvalue weighted by molar-refractivity contribution is -0.136. The maximum atomic E-state index is 14.0. The molecule has 15 nitrogen and oxygen atoms in total. The monoisotopic (exact) mass is 788 g/mol. The molecule has 7 amide bonds. The van der Waals surface area contributed by atoms with E-state index in [1.54, 1.807) is 12.1 Å². The molecule has 1 aromatic carbocycles. The van der Waals surface area contributed by atoms with Gasteiger partial charge in [-0.3, -0.25) is 33.6 Å². The van der Waals surface area contributed by atoms with Gasteiger partial charge in [-0.2, -0.15) is 0 Å². The number of rotatable bonds is 24. The van der Waals surface area contributed by atoms with E-state index >= 15 is 0 Å². The first-order valence-electron chi connectivity index (χ1n) is 19.8. The molecule has 1 rings (SSSR count). The van der Waals surface area contributed by atoms with Crippen LogP contribution in [0.15, 0.2) is 24.3 Å². The Morgan fingerprint density at radius 1 is 0.464 bits per heavy atom. The number of phenolic OH excluding ortho intramolecular Hbond substituents is 1. The smallest absolute Gasteiger partial charge is 0.243 e. The zero-order valence-electron chi connectivity index (χ0n) is 35.3. The molecule has 0 aliphatic carbocycles. The highest BCUT2D eigenvalue weighted by atomic mass is 16.3. The minimum Gasteiger partial charge on any atom is -0.508 e. The van der Waals surface area contributed by atoms with Crippen LogP contribution < -0.4 is 37.6 Å². The second-order valence-corrected chi connectivity index (χ2v) is 17.0. The van der Waals surface area contributed by atoms with E-state index in [1.807, 2.05) is 69.2 Å². The summed E-state index contributed by atoms with van der Waals surface area (Å²) in [4.78, 5) is 92.8. The van der Waals surface area contributed by atoms with Crippen LogP contribution in [0.5, 0.6) is 5.75 Å². The van der Waals surface area contributed by atoms with E-state index in [-0.39, 0.29) is 73.4 Å². The molecule has 15 heteroatoms. The Balaban J connectivity index is 3.29. The predicted molar refractivity (Wildman–Crippen MR) is 216 cm³/mol. The fourth-order valence-corrected chi connectivity index (χ4v) is 6.21. The SMILES string of the molecule is CC(=O)N[C@@H](CC(C)C)C(=O)N[C@@H](CC(C)C)C(=O)N[C@@H](CC(C)C)C(=O)N[C@@H](CC(C)C)C(=O)N[C@@H](CC(C)C)C(=O)N[C@@H](Cc1ccc(O)cc1)C(N)=O. The van der Waals surface area contributed by atoms with Crippen molar-refractivity contribution in [1.29, 1.82) is 0 Å². The first-order chi connectivity index (χ1) is 26.0. The van der Waals surface area contributed by atoms with Crippen LogP contribution in [0.1, 0.15) is 114 Å². The highest BCUT2D eigenvalue weighted by molar-refractivity contribution is 5.97. The van der Waals surface area contributed by atoms with Gasteiger partial charge in [0.1, 0.15) is 42.0 Å². The van der Waals surface area contributed by atoms with Gasteiger partial charge < -0.3 is 42.7 Å². The molecule has 1 aromatic rings. The number of hydrogen-bond acceptors (Lipinski definition) is 8. The molecule has 316 valence electrons. The van der Waals surface area contributed by atoms with E-state index in [0.717, 1.165) is 0 Å². The first-order valence-corrected chi connectivity index (χ1v) is 19.8. The first kappa shape index (κ1) is 49.3. The quantitative estimate of drug-likeness (QED) is 0.0773. The zero-order chi connectivity index (χ0) is 42.9. The third kappa shape index (κ3) is 19.3. The van der Waals surface area contributed by atoms with Crippen LogP contribution in [0.25, 0.3) is 0 Å². The van der Waals surface area contributed by atoms with E-state index in [1.165, 1.54) is 19.1 Å². The van der Waals surface area contributed by atoms with Crippen molar-refractivity contribution in [2.75, 3.05) is 0 Å². The fourth-order valence-electron chi connectivity index (χ4n) is 6.21. The Labute approximate surface area is 333 Å². The van der Waals surface area contributed by atoms with Crippen molar-refractivity contribution in [1.82, 2.24) is 31.9 Å². The summed E-state index contributed by atoms with van der Waals surface area (Å²) in [6.07, 6.45) is 1.36. The summed E-state index contributed by atoms with van der Waals surface area (Å²) >= 11 is 0. The molecule has 0 saturated carbocycles. The Hall–Kier alpha value is -4.69. The Morgan fingerprint density at radius 3 is 0.946 bits per heavy atom. The Kier molecular flexibility index (Phi) is 21.2. The number of hydrogen-bond donors (Lipinski definition) is 8. The van der Waals surface area contributed by atoms with Crippen molar-refractivity contribution >= 4 is 41.4 Å². The van der Waals surface area contributed by atoms with Gasteiger partial charge in [-0.15, -0.1) is 0 Å². The molecule has 0 aromatic heterocycles. The van der Waals surface area contributed by atoms with Crippen LogP contribution in [-0.2, 0) is 40.0 Å². The molecule has 0 spiro atoms.